The zero-order valence-corrected chi connectivity index (χ0v) is 63.9. The number of aliphatic hydroxyl groups is 1. The number of amides is 12. The van der Waals surface area contributed by atoms with Gasteiger partial charge < -0.3 is 119 Å². The van der Waals surface area contributed by atoms with Crippen LogP contribution in [0.25, 0.3) is 10.8 Å². The number of fused-ring (bicyclic) bond motifs is 1. The number of primary amides is 1. The van der Waals surface area contributed by atoms with Gasteiger partial charge in [0.1, 0.15) is 66.5 Å². The number of thiol groups is 2. The van der Waals surface area contributed by atoms with Gasteiger partial charge in [-0.2, -0.15) is 25.3 Å². The molecule has 0 aliphatic carbocycles. The normalized spacial score (nSPS) is 14.3. The lowest BCUT2D eigenvalue weighted by Crippen LogP contribution is -2.62. The van der Waals surface area contributed by atoms with E-state index in [0.717, 1.165) is 12.3 Å². The summed E-state index contributed by atoms with van der Waals surface area (Å²) in [5.41, 5.74) is 27.5. The van der Waals surface area contributed by atoms with Gasteiger partial charge >= 0.3 is 5.97 Å². The lowest BCUT2D eigenvalue weighted by atomic mass is 9.86. The minimum Gasteiger partial charge on any atom is -0.480 e. The fraction of sp³-hybridized carbons (Fsp3) is 0.522. The van der Waals surface area contributed by atoms with Crippen LogP contribution in [-0.4, -0.2) is 221 Å². The number of carbonyl (C=O) groups is 13. The Balaban J connectivity index is 2.13. The molecule has 0 aromatic heterocycles. The second-order valence-corrected chi connectivity index (χ2v) is 27.7. The molecule has 12 atom stereocenters. The van der Waals surface area contributed by atoms with E-state index >= 15 is 14.4 Å². The Bertz CT molecular complexity index is 3700. The molecule has 0 spiro atoms. The SMILES string of the molecule is CC(=O)N[C@@H](CS)C(=O)N[C@@H](CCCNC(=N)N)C(=O)N[C@@H](CCCNC(=N)N)C(=O)N[C@@H](CCCNC(=N)N)C(=O)N[C@@H](Cc1ccccc1)C(=O)N[C@@H](Cc1cccc2ccccc12)C(=O)N[C@@H](CCC(N)=O)C(=O)N[C@@H](CS)C(=O)N[C@H](C(=O)N[C@@H](CCCNC(=N)N)C(=O)N[C@H](C(=O)O)C(C)(C)C)[C@@H](C)O. The van der Waals surface area contributed by atoms with Crippen molar-refractivity contribution in [3.63, 3.8) is 0 Å². The number of guanidine groups is 4. The minimum absolute atomic E-state index is 0.00871. The van der Waals surface area contributed by atoms with Gasteiger partial charge in [-0.25, -0.2) is 4.79 Å². The number of aliphatic carboxylic acids is 1. The number of carbonyl (C=O) groups excluding carboxylic acids is 12. The van der Waals surface area contributed by atoms with Crippen LogP contribution in [0.1, 0.15) is 110 Å². The quantitative estimate of drug-likeness (QED) is 0.0109. The van der Waals surface area contributed by atoms with E-state index in [1.165, 1.54) is 6.92 Å². The summed E-state index contributed by atoms with van der Waals surface area (Å²) in [4.78, 5) is 181. The lowest BCUT2D eigenvalue weighted by Gasteiger charge is -2.31. The number of carboxylic acid groups (broad SMARTS) is 1. The van der Waals surface area contributed by atoms with E-state index in [-0.39, 0.29) is 102 Å². The fourth-order valence-corrected chi connectivity index (χ4v) is 11.6. The molecule has 0 bridgehead atoms. The van der Waals surface area contributed by atoms with Crippen LogP contribution in [0.5, 0.6) is 0 Å². The second-order valence-electron chi connectivity index (χ2n) is 26.9. The molecule has 3 aromatic carbocycles. The van der Waals surface area contributed by atoms with Crippen molar-refractivity contribution in [2.45, 2.75) is 184 Å². The summed E-state index contributed by atoms with van der Waals surface area (Å²) in [6, 6.07) is 3.42. The average Bonchev–Trinajstić information content (AvgIpc) is 0.818. The van der Waals surface area contributed by atoms with Crippen LogP contribution in [0.3, 0.4) is 0 Å². The Hall–Kier alpha value is -11.2. The van der Waals surface area contributed by atoms with Gasteiger partial charge in [0.2, 0.25) is 70.9 Å². The molecule has 0 saturated heterocycles. The monoisotopic (exact) mass is 1580 g/mol. The van der Waals surface area contributed by atoms with Crippen molar-refractivity contribution >= 4 is 137 Å². The molecular formula is C69H108N24O15S2. The molecule has 110 heavy (non-hydrogen) atoms. The van der Waals surface area contributed by atoms with Gasteiger partial charge in [0.05, 0.1) is 6.10 Å². The Morgan fingerprint density at radius 2 is 0.755 bits per heavy atom. The third-order valence-corrected chi connectivity index (χ3v) is 17.5. The summed E-state index contributed by atoms with van der Waals surface area (Å²) >= 11 is 8.44. The molecule has 12 amide bonds. The van der Waals surface area contributed by atoms with Gasteiger partial charge in [-0.3, -0.25) is 79.2 Å². The second kappa shape index (κ2) is 47.5. The van der Waals surface area contributed by atoms with Crippen LogP contribution < -0.4 is 108 Å². The largest absolute Gasteiger partial charge is 0.480 e. The summed E-state index contributed by atoms with van der Waals surface area (Å²) in [5, 5.41) is 91.1. The third-order valence-electron chi connectivity index (χ3n) is 16.8. The first-order chi connectivity index (χ1) is 51.8. The van der Waals surface area contributed by atoms with E-state index in [0.29, 0.717) is 16.5 Å². The highest BCUT2D eigenvalue weighted by molar-refractivity contribution is 7.80. The standard InChI is InChI=1S/C69H108N24O15S2/c1-36(94)52(63(106)88-45(25-15-31-82-68(77)78)58(101)93-53(64(107)108)69(3,4)5)92-62(105)50(35-110)91-57(100)46(26-27-51(70)96)87-60(103)48(33-40-20-11-19-39-18-9-10-21-41(39)40)90-59(102)47(32-38-16-7-6-8-17-38)89-56(99)44(24-14-30-81-67(75)76)85-54(97)42(22-12-28-79-65(71)72)84-55(98)43(23-13-29-80-66(73)74)86-61(104)49(34-109)83-37(2)95/h6-11,16-21,36,42-50,52-53,94,109-110H,12-15,22-35H2,1-5H3,(H2,70,96)(H,83,95)(H,84,98)(H,85,97)(H,86,104)(H,87,103)(H,88,106)(H,89,99)(H,90,102)(H,91,100)(H,92,105)(H,93,101)(H,107,108)(H4,71,72,79)(H4,73,74,80)(H4,75,76,81)(H4,77,78,82)/t36-,42+,43+,44+,45+,46+,47+,48+,49+,50+,52+,53-/m1/s1. The lowest BCUT2D eigenvalue weighted by molar-refractivity contribution is -0.145. The first-order valence-corrected chi connectivity index (χ1v) is 36.7. The number of carboxylic acids is 1. The van der Waals surface area contributed by atoms with Gasteiger partial charge in [-0.05, 0) is 92.0 Å². The van der Waals surface area contributed by atoms with Crippen LogP contribution in [0, 0.1) is 27.1 Å². The molecule has 3 rings (SSSR count). The van der Waals surface area contributed by atoms with Crippen molar-refractivity contribution < 1.29 is 72.5 Å². The van der Waals surface area contributed by atoms with Gasteiger partial charge in [0, 0.05) is 63.9 Å². The van der Waals surface area contributed by atoms with E-state index in [2.05, 4.69) is 105 Å². The number of benzene rings is 3. The summed E-state index contributed by atoms with van der Waals surface area (Å²) < 4.78 is 0. The molecule has 0 aliphatic heterocycles. The summed E-state index contributed by atoms with van der Waals surface area (Å²) in [6.07, 6.45) is -3.65. The Labute approximate surface area is 647 Å². The molecule has 41 heteroatoms. The van der Waals surface area contributed by atoms with E-state index in [1.54, 1.807) is 93.6 Å². The average molecular weight is 1580 g/mol. The zero-order chi connectivity index (χ0) is 82.4. The molecule has 39 nitrogen and oxygen atoms in total. The first kappa shape index (κ1) is 93.0. The number of aliphatic hydroxyl groups excluding tert-OH is 1. The van der Waals surface area contributed by atoms with E-state index in [4.69, 9.17) is 50.3 Å². The molecular weight excluding hydrogens is 1470 g/mol. The topological polar surface area (TPSA) is 668 Å². The molecule has 0 fully saturated rings. The van der Waals surface area contributed by atoms with Crippen LogP contribution >= 0.6 is 25.3 Å². The van der Waals surface area contributed by atoms with Gasteiger partial charge in [0.15, 0.2) is 23.8 Å². The molecule has 0 heterocycles. The zero-order valence-electron chi connectivity index (χ0n) is 62.1. The molecule has 0 aliphatic rings. The highest BCUT2D eigenvalue weighted by Gasteiger charge is 2.39. The molecule has 0 radical (unpaired) electrons. The number of nitrogens with one attached hydrogen (secondary N) is 19. The van der Waals surface area contributed by atoms with Gasteiger partial charge in [0.25, 0.3) is 0 Å². The van der Waals surface area contributed by atoms with Crippen molar-refractivity contribution in [1.29, 1.82) is 21.6 Å². The fourth-order valence-electron chi connectivity index (χ4n) is 11.1. The third kappa shape index (κ3) is 34.3. The van der Waals surface area contributed by atoms with Crippen molar-refractivity contribution in [1.82, 2.24) is 79.8 Å². The molecule has 0 unspecified atom stereocenters. The highest BCUT2D eigenvalue weighted by atomic mass is 32.1. The van der Waals surface area contributed by atoms with Crippen LogP contribution in [-0.2, 0) is 75.2 Å². The van der Waals surface area contributed by atoms with Crippen molar-refractivity contribution in [3.8, 4) is 0 Å². The van der Waals surface area contributed by atoms with E-state index in [9.17, 15) is 58.2 Å². The smallest absolute Gasteiger partial charge is 0.326 e. The molecule has 31 N–H and O–H groups in total. The van der Waals surface area contributed by atoms with Gasteiger partial charge in [-0.1, -0.05) is 93.6 Å². The van der Waals surface area contributed by atoms with E-state index < -0.39 is 191 Å². The predicted octanol–water partition coefficient (Wildman–Crippen LogP) is -5.33. The van der Waals surface area contributed by atoms with E-state index in [1.807, 2.05) is 0 Å². The molecule has 606 valence electrons. The van der Waals surface area contributed by atoms with Crippen LogP contribution in [0.2, 0.25) is 0 Å². The molecule has 3 aromatic rings. The number of rotatable bonds is 48. The Morgan fingerprint density at radius 3 is 1.15 bits per heavy atom. The van der Waals surface area contributed by atoms with Crippen LogP contribution in [0.15, 0.2) is 72.8 Å². The first-order valence-electron chi connectivity index (χ1n) is 35.4. The van der Waals surface area contributed by atoms with Crippen LogP contribution in [0.4, 0.5) is 0 Å². The Kier molecular flexibility index (Phi) is 40.2. The predicted molar refractivity (Wildman–Crippen MR) is 416 cm³/mol. The number of hydrogen-bond donors (Lipinski definition) is 28. The number of nitrogens with two attached hydrogens (primary N) is 5. The maximum atomic E-state index is 15.3. The number of hydrogen-bond acceptors (Lipinski definition) is 20. The minimum atomic E-state index is -1.85. The van der Waals surface area contributed by atoms with Crippen molar-refractivity contribution in [2.75, 3.05) is 37.7 Å². The van der Waals surface area contributed by atoms with Gasteiger partial charge in [-0.15, -0.1) is 0 Å². The van der Waals surface area contributed by atoms with Crippen molar-refractivity contribution in [2.24, 2.45) is 34.1 Å². The summed E-state index contributed by atoms with van der Waals surface area (Å²) in [7, 11) is 0. The maximum Gasteiger partial charge on any atom is 0.326 e. The Morgan fingerprint density at radius 1 is 0.418 bits per heavy atom. The van der Waals surface area contributed by atoms with Crippen molar-refractivity contribution in [3.05, 3.63) is 83.9 Å². The highest BCUT2D eigenvalue weighted by Crippen LogP contribution is 2.22. The summed E-state index contributed by atoms with van der Waals surface area (Å²) in [5.74, 6) is -15.2. The summed E-state index contributed by atoms with van der Waals surface area (Å²) in [6.45, 7) is 7.12. The molecule has 0 saturated carbocycles. The maximum absolute atomic E-state index is 15.3.